The minimum absolute atomic E-state index is 0.0102. The van der Waals surface area contributed by atoms with Gasteiger partial charge in [-0.2, -0.15) is 5.10 Å². The minimum atomic E-state index is -0.0102. The summed E-state index contributed by atoms with van der Waals surface area (Å²) in [7, 11) is 0. The first-order valence-electron chi connectivity index (χ1n) is 7.82. The SMILES string of the molecule is O=C(NC(C1CC1)C1CC1)c1cnn(-c2ccc(Cl)cc2)c1. The molecule has 2 aliphatic carbocycles. The highest BCUT2D eigenvalue weighted by atomic mass is 35.5. The van der Waals surface area contributed by atoms with E-state index < -0.39 is 0 Å². The van der Waals surface area contributed by atoms with Crippen molar-refractivity contribution in [1.29, 1.82) is 0 Å². The van der Waals surface area contributed by atoms with Crippen LogP contribution >= 0.6 is 11.6 Å². The topological polar surface area (TPSA) is 46.9 Å². The number of rotatable bonds is 5. The average Bonchev–Trinajstić information content (AvgIpc) is 3.44. The summed E-state index contributed by atoms with van der Waals surface area (Å²) in [4.78, 5) is 12.4. The first-order chi connectivity index (χ1) is 10.7. The summed E-state index contributed by atoms with van der Waals surface area (Å²) in [5, 5.41) is 8.18. The monoisotopic (exact) mass is 315 g/mol. The van der Waals surface area contributed by atoms with E-state index in [1.165, 1.54) is 25.7 Å². The molecule has 1 N–H and O–H groups in total. The molecule has 0 saturated heterocycles. The summed E-state index contributed by atoms with van der Waals surface area (Å²) in [5.41, 5.74) is 1.51. The Labute approximate surface area is 134 Å². The van der Waals surface area contributed by atoms with Gasteiger partial charge in [0.2, 0.25) is 0 Å². The number of hydrogen-bond donors (Lipinski definition) is 1. The van der Waals surface area contributed by atoms with Crippen LogP contribution in [0.5, 0.6) is 0 Å². The van der Waals surface area contributed by atoms with E-state index in [1.54, 1.807) is 17.1 Å². The Bertz CT molecular complexity index is 674. The van der Waals surface area contributed by atoms with E-state index in [9.17, 15) is 4.79 Å². The second-order valence-corrected chi connectivity index (χ2v) is 6.76. The van der Waals surface area contributed by atoms with Gasteiger partial charge in [-0.1, -0.05) is 11.6 Å². The summed E-state index contributed by atoms with van der Waals surface area (Å²) in [6.45, 7) is 0. The van der Waals surface area contributed by atoms with E-state index in [-0.39, 0.29) is 5.91 Å². The van der Waals surface area contributed by atoms with Crippen molar-refractivity contribution >= 4 is 17.5 Å². The number of nitrogens with one attached hydrogen (secondary N) is 1. The number of aromatic nitrogens is 2. The van der Waals surface area contributed by atoms with Gasteiger partial charge in [0.1, 0.15) is 0 Å². The molecule has 2 saturated carbocycles. The molecule has 22 heavy (non-hydrogen) atoms. The Hall–Kier alpha value is -1.81. The van der Waals surface area contributed by atoms with Crippen LogP contribution in [0.1, 0.15) is 36.0 Å². The van der Waals surface area contributed by atoms with Gasteiger partial charge in [0.25, 0.3) is 5.91 Å². The molecule has 0 atom stereocenters. The van der Waals surface area contributed by atoms with Crippen LogP contribution in [0.25, 0.3) is 5.69 Å². The van der Waals surface area contributed by atoms with Gasteiger partial charge in [-0.25, -0.2) is 4.68 Å². The molecule has 2 aromatic rings. The van der Waals surface area contributed by atoms with Gasteiger partial charge in [0, 0.05) is 17.3 Å². The Morgan fingerprint density at radius 2 is 1.82 bits per heavy atom. The largest absolute Gasteiger partial charge is 0.349 e. The number of carbonyl (C=O) groups is 1. The van der Waals surface area contributed by atoms with Crippen molar-refractivity contribution in [2.75, 3.05) is 0 Å². The van der Waals surface area contributed by atoms with E-state index in [0.717, 1.165) is 5.69 Å². The normalized spacial score (nSPS) is 17.7. The lowest BCUT2D eigenvalue weighted by Gasteiger charge is -2.16. The van der Waals surface area contributed by atoms with Gasteiger partial charge >= 0.3 is 0 Å². The third-order valence-electron chi connectivity index (χ3n) is 4.49. The molecule has 0 bridgehead atoms. The van der Waals surface area contributed by atoms with Crippen LogP contribution in [-0.2, 0) is 0 Å². The highest BCUT2D eigenvalue weighted by Gasteiger charge is 2.42. The summed E-state index contributed by atoms with van der Waals surface area (Å²) < 4.78 is 1.70. The molecule has 1 amide bonds. The van der Waals surface area contributed by atoms with E-state index in [2.05, 4.69) is 10.4 Å². The molecule has 1 heterocycles. The lowest BCUT2D eigenvalue weighted by molar-refractivity contribution is 0.0926. The minimum Gasteiger partial charge on any atom is -0.349 e. The smallest absolute Gasteiger partial charge is 0.254 e. The van der Waals surface area contributed by atoms with Gasteiger partial charge in [-0.3, -0.25) is 4.79 Å². The Morgan fingerprint density at radius 3 is 2.41 bits per heavy atom. The highest BCUT2D eigenvalue weighted by Crippen LogP contribution is 2.44. The van der Waals surface area contributed by atoms with Crippen LogP contribution in [0.2, 0.25) is 5.02 Å². The van der Waals surface area contributed by atoms with Gasteiger partial charge in [-0.05, 0) is 61.8 Å². The highest BCUT2D eigenvalue weighted by molar-refractivity contribution is 6.30. The van der Waals surface area contributed by atoms with E-state index >= 15 is 0 Å². The number of amides is 1. The van der Waals surface area contributed by atoms with Crippen LogP contribution in [0, 0.1) is 11.8 Å². The quantitative estimate of drug-likeness (QED) is 0.918. The van der Waals surface area contributed by atoms with Crippen LogP contribution in [0.4, 0.5) is 0 Å². The molecular weight excluding hydrogens is 298 g/mol. The molecule has 2 fully saturated rings. The first-order valence-corrected chi connectivity index (χ1v) is 8.20. The fourth-order valence-electron chi connectivity index (χ4n) is 2.94. The molecule has 5 heteroatoms. The average molecular weight is 316 g/mol. The summed E-state index contributed by atoms with van der Waals surface area (Å²) >= 11 is 5.89. The molecule has 1 aromatic carbocycles. The second kappa shape index (κ2) is 5.43. The number of hydrogen-bond acceptors (Lipinski definition) is 2. The molecule has 2 aliphatic rings. The lowest BCUT2D eigenvalue weighted by atomic mass is 10.1. The zero-order chi connectivity index (χ0) is 15.1. The van der Waals surface area contributed by atoms with Crippen LogP contribution in [0.3, 0.4) is 0 Å². The van der Waals surface area contributed by atoms with Crippen LogP contribution in [0.15, 0.2) is 36.7 Å². The Kier molecular flexibility index (Phi) is 3.41. The summed E-state index contributed by atoms with van der Waals surface area (Å²) in [6.07, 6.45) is 8.42. The first kappa shape index (κ1) is 13.8. The van der Waals surface area contributed by atoms with Crippen molar-refractivity contribution in [2.24, 2.45) is 11.8 Å². The molecular formula is C17H18ClN3O. The maximum atomic E-state index is 12.4. The van der Waals surface area contributed by atoms with Crippen molar-refractivity contribution in [3.05, 3.63) is 47.2 Å². The molecule has 0 radical (unpaired) electrons. The van der Waals surface area contributed by atoms with Crippen molar-refractivity contribution in [3.63, 3.8) is 0 Å². The van der Waals surface area contributed by atoms with Crippen LogP contribution in [-0.4, -0.2) is 21.7 Å². The molecule has 0 unspecified atom stereocenters. The van der Waals surface area contributed by atoms with Gasteiger partial charge in [0.05, 0.1) is 17.4 Å². The molecule has 114 valence electrons. The second-order valence-electron chi connectivity index (χ2n) is 6.32. The third-order valence-corrected chi connectivity index (χ3v) is 4.75. The molecule has 4 rings (SSSR count). The number of benzene rings is 1. The molecule has 0 aliphatic heterocycles. The zero-order valence-corrected chi connectivity index (χ0v) is 13.0. The van der Waals surface area contributed by atoms with Crippen molar-refractivity contribution < 1.29 is 4.79 Å². The molecule has 0 spiro atoms. The van der Waals surface area contributed by atoms with Gasteiger partial charge in [0.15, 0.2) is 0 Å². The van der Waals surface area contributed by atoms with E-state index in [4.69, 9.17) is 11.6 Å². The fraction of sp³-hybridized carbons (Fsp3) is 0.412. The predicted molar refractivity (Wildman–Crippen MR) is 85.3 cm³/mol. The third kappa shape index (κ3) is 2.88. The van der Waals surface area contributed by atoms with Crippen molar-refractivity contribution in [2.45, 2.75) is 31.7 Å². The zero-order valence-electron chi connectivity index (χ0n) is 12.2. The Balaban J connectivity index is 1.48. The van der Waals surface area contributed by atoms with E-state index in [1.807, 2.05) is 24.3 Å². The number of carbonyl (C=O) groups excluding carboxylic acids is 1. The summed E-state index contributed by atoms with van der Waals surface area (Å²) in [6, 6.07) is 7.76. The maximum absolute atomic E-state index is 12.4. The fourth-order valence-corrected chi connectivity index (χ4v) is 3.07. The molecule has 1 aromatic heterocycles. The summed E-state index contributed by atoms with van der Waals surface area (Å²) in [5.74, 6) is 1.38. The van der Waals surface area contributed by atoms with Gasteiger partial charge < -0.3 is 5.32 Å². The Morgan fingerprint density at radius 1 is 1.18 bits per heavy atom. The van der Waals surface area contributed by atoms with Gasteiger partial charge in [-0.15, -0.1) is 0 Å². The number of halogens is 1. The lowest BCUT2D eigenvalue weighted by Crippen LogP contribution is -2.37. The predicted octanol–water partition coefficient (Wildman–Crippen LogP) is 3.44. The molecule has 4 nitrogen and oxygen atoms in total. The standard InChI is InChI=1S/C17H18ClN3O/c18-14-5-7-15(8-6-14)21-10-13(9-19-21)17(22)20-16(11-1-2-11)12-3-4-12/h5-12,16H,1-4H2,(H,20,22). The van der Waals surface area contributed by atoms with Crippen LogP contribution < -0.4 is 5.32 Å². The number of nitrogens with zero attached hydrogens (tertiary/aromatic N) is 2. The van der Waals surface area contributed by atoms with Crippen molar-refractivity contribution in [3.8, 4) is 5.69 Å². The van der Waals surface area contributed by atoms with Crippen molar-refractivity contribution in [1.82, 2.24) is 15.1 Å². The maximum Gasteiger partial charge on any atom is 0.254 e. The van der Waals surface area contributed by atoms with E-state index in [0.29, 0.717) is 28.5 Å².